The molecule has 0 aliphatic heterocycles. The van der Waals surface area contributed by atoms with Crippen LogP contribution in [0.25, 0.3) is 0 Å². The van der Waals surface area contributed by atoms with Crippen LogP contribution in [0, 0.1) is 0 Å². The van der Waals surface area contributed by atoms with E-state index < -0.39 is 0 Å². The monoisotopic (exact) mass is 184 g/mol. The van der Waals surface area contributed by atoms with Crippen LogP contribution in [0.5, 0.6) is 0 Å². The first-order valence-corrected chi connectivity index (χ1v) is 4.86. The first kappa shape index (κ1) is 10.3. The first-order chi connectivity index (χ1) is 6.37. The fourth-order valence-corrected chi connectivity index (χ4v) is 1.47. The maximum Gasteiger partial charge on any atom is 0.0574 e. The lowest BCUT2D eigenvalue weighted by Crippen LogP contribution is -2.14. The van der Waals surface area contributed by atoms with Crippen molar-refractivity contribution in [3.8, 4) is 0 Å². The zero-order valence-electron chi connectivity index (χ0n) is 8.63. The van der Waals surface area contributed by atoms with Gasteiger partial charge >= 0.3 is 0 Å². The second-order valence-corrected chi connectivity index (χ2v) is 3.18. The van der Waals surface area contributed by atoms with Gasteiger partial charge in [0.1, 0.15) is 0 Å². The van der Waals surface area contributed by atoms with Gasteiger partial charge in [-0.15, -0.1) is 0 Å². The highest BCUT2D eigenvalue weighted by Crippen LogP contribution is 2.47. The van der Waals surface area contributed by atoms with Crippen LogP contribution in [0.3, 0.4) is 0 Å². The molecule has 0 amide bonds. The molecule has 76 valence electrons. The number of rotatable bonds is 3. The summed E-state index contributed by atoms with van der Waals surface area (Å²) in [4.78, 5) is 0. The Bertz CT molecular complexity index is 232. The van der Waals surface area contributed by atoms with E-state index in [1.165, 1.54) is 18.5 Å². The van der Waals surface area contributed by atoms with E-state index in [4.69, 9.17) is 4.74 Å². The van der Waals surface area contributed by atoms with E-state index in [2.05, 4.69) is 10.2 Å². The average Bonchev–Trinajstić information content (AvgIpc) is 2.77. The van der Waals surface area contributed by atoms with E-state index in [1.54, 1.807) is 13.3 Å². The maximum atomic E-state index is 5.15. The highest BCUT2D eigenvalue weighted by Gasteiger charge is 2.45. The van der Waals surface area contributed by atoms with E-state index in [0.717, 1.165) is 6.61 Å². The topological polar surface area (TPSA) is 37.9 Å². The van der Waals surface area contributed by atoms with Gasteiger partial charge in [0, 0.05) is 25.8 Å². The minimum Gasteiger partial charge on any atom is -0.384 e. The molecule has 0 spiro atoms. The molecule has 1 saturated carbocycles. The van der Waals surface area contributed by atoms with Gasteiger partial charge in [-0.3, -0.25) is 5.10 Å². The third-order valence-electron chi connectivity index (χ3n) is 2.35. The number of ether oxygens (including phenoxy) is 1. The van der Waals surface area contributed by atoms with E-state index in [1.807, 2.05) is 19.9 Å². The van der Waals surface area contributed by atoms with Crippen molar-refractivity contribution in [1.29, 1.82) is 0 Å². The van der Waals surface area contributed by atoms with Gasteiger partial charge in [0.25, 0.3) is 0 Å². The molecule has 1 aromatic rings. The predicted octanol–water partition coefficient (Wildman–Crippen LogP) is 2.36. The zero-order valence-corrected chi connectivity index (χ0v) is 8.63. The minimum atomic E-state index is 0. The summed E-state index contributed by atoms with van der Waals surface area (Å²) >= 11 is 0. The molecule has 0 aromatic carbocycles. The van der Waals surface area contributed by atoms with Gasteiger partial charge in [-0.05, 0) is 18.9 Å². The Morgan fingerprint density at radius 1 is 1.62 bits per heavy atom. The van der Waals surface area contributed by atoms with Gasteiger partial charge in [0.05, 0.1) is 6.61 Å². The molecule has 0 bridgehead atoms. The summed E-state index contributed by atoms with van der Waals surface area (Å²) in [6, 6.07) is 2.03. The van der Waals surface area contributed by atoms with Crippen molar-refractivity contribution in [2.75, 3.05) is 13.7 Å². The maximum absolute atomic E-state index is 5.15. The SMILES string of the molecule is CC.COCC1(c2ccn[nH]2)CC1.[HH]. The number of nitrogens with zero attached hydrogens (tertiary/aromatic N) is 1. The number of aromatic amines is 1. The van der Waals surface area contributed by atoms with Crippen molar-refractivity contribution in [3.05, 3.63) is 18.0 Å². The summed E-state index contributed by atoms with van der Waals surface area (Å²) in [5.41, 5.74) is 1.50. The van der Waals surface area contributed by atoms with Gasteiger partial charge in [0.15, 0.2) is 0 Å². The number of nitrogens with one attached hydrogen (secondary N) is 1. The highest BCUT2D eigenvalue weighted by molar-refractivity contribution is 5.22. The second-order valence-electron chi connectivity index (χ2n) is 3.18. The lowest BCUT2D eigenvalue weighted by atomic mass is 10.1. The molecule has 0 saturated heterocycles. The van der Waals surface area contributed by atoms with Gasteiger partial charge in [-0.25, -0.2) is 0 Å². The summed E-state index contributed by atoms with van der Waals surface area (Å²) in [5.74, 6) is 0. The van der Waals surface area contributed by atoms with Crippen LogP contribution in [0.15, 0.2) is 12.3 Å². The van der Waals surface area contributed by atoms with E-state index in [9.17, 15) is 0 Å². The second kappa shape index (κ2) is 4.42. The number of H-pyrrole nitrogens is 1. The fraction of sp³-hybridized carbons (Fsp3) is 0.700. The molecule has 0 atom stereocenters. The van der Waals surface area contributed by atoms with Crippen LogP contribution >= 0.6 is 0 Å². The molecule has 0 unspecified atom stereocenters. The third-order valence-corrected chi connectivity index (χ3v) is 2.35. The number of aromatic nitrogens is 2. The Kier molecular flexibility index (Phi) is 3.48. The van der Waals surface area contributed by atoms with E-state index in [-0.39, 0.29) is 6.84 Å². The van der Waals surface area contributed by atoms with Crippen molar-refractivity contribution >= 4 is 0 Å². The molecule has 0 radical (unpaired) electrons. The van der Waals surface area contributed by atoms with Crippen LogP contribution in [-0.2, 0) is 10.2 Å². The number of hydrogen-bond donors (Lipinski definition) is 1. The molecule has 1 N–H and O–H groups in total. The third kappa shape index (κ3) is 2.10. The standard InChI is InChI=1S/C8H12N2O.C2H6.H2/c1-11-6-8(3-4-8)7-2-5-9-10-7;1-2;/h2,5H,3-4,6H2,1H3,(H,9,10);1-2H3;1H. The van der Waals surface area contributed by atoms with Gasteiger partial charge in [0.2, 0.25) is 0 Å². The fourth-order valence-electron chi connectivity index (χ4n) is 1.47. The van der Waals surface area contributed by atoms with E-state index >= 15 is 0 Å². The molecule has 2 rings (SSSR count). The molecule has 13 heavy (non-hydrogen) atoms. The van der Waals surface area contributed by atoms with Gasteiger partial charge < -0.3 is 4.74 Å². The van der Waals surface area contributed by atoms with Gasteiger partial charge in [-0.1, -0.05) is 13.8 Å². The summed E-state index contributed by atoms with van der Waals surface area (Å²) < 4.78 is 5.15. The Hall–Kier alpha value is -0.830. The highest BCUT2D eigenvalue weighted by atomic mass is 16.5. The van der Waals surface area contributed by atoms with Crippen LogP contribution in [0.2, 0.25) is 0 Å². The number of hydrogen-bond acceptors (Lipinski definition) is 2. The summed E-state index contributed by atoms with van der Waals surface area (Å²) in [7, 11) is 1.75. The Morgan fingerprint density at radius 3 is 2.69 bits per heavy atom. The smallest absolute Gasteiger partial charge is 0.0574 e. The normalized spacial score (nSPS) is 17.5. The van der Waals surface area contributed by atoms with E-state index in [0.29, 0.717) is 0 Å². The molecule has 1 heterocycles. The summed E-state index contributed by atoms with van der Waals surface area (Å²) in [6.45, 7) is 4.81. The molecule has 1 aliphatic carbocycles. The summed E-state index contributed by atoms with van der Waals surface area (Å²) in [6.07, 6.45) is 4.25. The van der Waals surface area contributed by atoms with Gasteiger partial charge in [-0.2, -0.15) is 5.10 Å². The first-order valence-electron chi connectivity index (χ1n) is 4.86. The molecular weight excluding hydrogens is 164 g/mol. The molecular formula is C10H20N2O. The zero-order chi connectivity index (χ0) is 9.73. The largest absolute Gasteiger partial charge is 0.384 e. The quantitative estimate of drug-likeness (QED) is 0.783. The predicted molar refractivity (Wildman–Crippen MR) is 54.8 cm³/mol. The Morgan fingerprint density at radius 2 is 2.31 bits per heavy atom. The van der Waals surface area contributed by atoms with Crippen LogP contribution in [0.4, 0.5) is 0 Å². The van der Waals surface area contributed by atoms with Crippen LogP contribution in [0.1, 0.15) is 33.8 Å². The average molecular weight is 184 g/mol. The van der Waals surface area contributed by atoms with Crippen LogP contribution < -0.4 is 0 Å². The Balaban J connectivity index is 0.000000531. The lowest BCUT2D eigenvalue weighted by molar-refractivity contribution is 0.170. The molecule has 1 aromatic heterocycles. The minimum absolute atomic E-state index is 0. The van der Waals surface area contributed by atoms with Crippen molar-refractivity contribution in [3.63, 3.8) is 0 Å². The van der Waals surface area contributed by atoms with Crippen molar-refractivity contribution in [2.24, 2.45) is 0 Å². The Labute approximate surface area is 81.0 Å². The lowest BCUT2D eigenvalue weighted by Gasteiger charge is -2.10. The molecule has 3 nitrogen and oxygen atoms in total. The van der Waals surface area contributed by atoms with Crippen molar-refractivity contribution < 1.29 is 6.16 Å². The molecule has 1 fully saturated rings. The summed E-state index contributed by atoms with van der Waals surface area (Å²) in [5, 5.41) is 6.92. The van der Waals surface area contributed by atoms with Crippen LogP contribution in [-0.4, -0.2) is 23.9 Å². The number of methoxy groups -OCH3 is 1. The molecule has 1 aliphatic rings. The molecule has 3 heteroatoms. The van der Waals surface area contributed by atoms with Crippen molar-refractivity contribution in [1.82, 2.24) is 10.2 Å². The van der Waals surface area contributed by atoms with Crippen molar-refractivity contribution in [2.45, 2.75) is 32.1 Å².